The summed E-state index contributed by atoms with van der Waals surface area (Å²) in [6.45, 7) is 0. The van der Waals surface area contributed by atoms with E-state index in [1.54, 1.807) is 13.1 Å². The van der Waals surface area contributed by atoms with Gasteiger partial charge in [-0.25, -0.2) is 13.2 Å². The lowest BCUT2D eigenvalue weighted by Crippen LogP contribution is -2.19. The topological polar surface area (TPSA) is 21.3 Å². The molecule has 5 heteroatoms. The van der Waals surface area contributed by atoms with E-state index < -0.39 is 23.5 Å². The van der Waals surface area contributed by atoms with Gasteiger partial charge in [-0.1, -0.05) is 6.07 Å². The zero-order valence-corrected chi connectivity index (χ0v) is 11.1. The molecule has 2 aromatic rings. The fraction of sp³-hybridized carbons (Fsp3) is 0.200. The molecule has 0 aromatic heterocycles. The maximum atomic E-state index is 13.8. The Labute approximate surface area is 115 Å². The average Bonchev–Trinajstić information content (AvgIpc) is 2.44. The van der Waals surface area contributed by atoms with Gasteiger partial charge in [-0.15, -0.1) is 0 Å². The van der Waals surface area contributed by atoms with Crippen molar-refractivity contribution in [2.45, 2.75) is 6.04 Å². The van der Waals surface area contributed by atoms with E-state index in [9.17, 15) is 13.2 Å². The molecule has 0 aliphatic heterocycles. The van der Waals surface area contributed by atoms with Crippen LogP contribution in [0.5, 0.6) is 5.75 Å². The third kappa shape index (κ3) is 2.77. The first-order chi connectivity index (χ1) is 9.56. The predicted molar refractivity (Wildman–Crippen MR) is 70.2 cm³/mol. The van der Waals surface area contributed by atoms with E-state index >= 15 is 0 Å². The summed E-state index contributed by atoms with van der Waals surface area (Å²) < 4.78 is 45.6. The van der Waals surface area contributed by atoms with E-state index in [-0.39, 0.29) is 11.3 Å². The summed E-state index contributed by atoms with van der Waals surface area (Å²) >= 11 is 0. The van der Waals surface area contributed by atoms with E-state index in [0.29, 0.717) is 5.56 Å². The molecule has 0 aliphatic carbocycles. The highest BCUT2D eigenvalue weighted by Gasteiger charge is 2.18. The van der Waals surface area contributed by atoms with Gasteiger partial charge in [0.15, 0.2) is 11.6 Å². The number of nitrogens with one attached hydrogen (secondary N) is 1. The van der Waals surface area contributed by atoms with Crippen LogP contribution >= 0.6 is 0 Å². The van der Waals surface area contributed by atoms with Gasteiger partial charge in [0.25, 0.3) is 0 Å². The van der Waals surface area contributed by atoms with Crippen LogP contribution in [0.15, 0.2) is 36.4 Å². The third-order valence-electron chi connectivity index (χ3n) is 3.07. The van der Waals surface area contributed by atoms with Crippen LogP contribution in [0.1, 0.15) is 17.2 Å². The van der Waals surface area contributed by atoms with Gasteiger partial charge < -0.3 is 10.1 Å². The Bertz CT molecular complexity index is 616. The van der Waals surface area contributed by atoms with Crippen LogP contribution in [0, 0.1) is 17.5 Å². The van der Waals surface area contributed by atoms with Crippen LogP contribution in [0.3, 0.4) is 0 Å². The van der Waals surface area contributed by atoms with Crippen molar-refractivity contribution in [3.8, 4) is 5.75 Å². The smallest absolute Gasteiger partial charge is 0.165 e. The number of rotatable bonds is 4. The van der Waals surface area contributed by atoms with E-state index in [1.165, 1.54) is 19.2 Å². The van der Waals surface area contributed by atoms with Gasteiger partial charge in [-0.3, -0.25) is 0 Å². The summed E-state index contributed by atoms with van der Waals surface area (Å²) in [6.07, 6.45) is 0. The molecule has 106 valence electrons. The predicted octanol–water partition coefficient (Wildman–Crippen LogP) is 3.42. The summed E-state index contributed by atoms with van der Waals surface area (Å²) in [5.74, 6) is -1.55. The Kier molecular flexibility index (Phi) is 4.29. The highest BCUT2D eigenvalue weighted by Crippen LogP contribution is 2.28. The Hall–Kier alpha value is -2.01. The Balaban J connectivity index is 2.46. The third-order valence-corrected chi connectivity index (χ3v) is 3.07. The lowest BCUT2D eigenvalue weighted by atomic mass is 9.98. The van der Waals surface area contributed by atoms with Crippen molar-refractivity contribution in [2.75, 3.05) is 14.2 Å². The summed E-state index contributed by atoms with van der Waals surface area (Å²) in [5, 5.41) is 2.85. The largest absolute Gasteiger partial charge is 0.494 e. The fourth-order valence-corrected chi connectivity index (χ4v) is 2.10. The highest BCUT2D eigenvalue weighted by atomic mass is 19.1. The Morgan fingerprint density at radius 2 is 1.75 bits per heavy atom. The zero-order valence-electron chi connectivity index (χ0n) is 11.1. The van der Waals surface area contributed by atoms with Gasteiger partial charge in [0, 0.05) is 5.56 Å². The van der Waals surface area contributed by atoms with Crippen molar-refractivity contribution in [3.05, 3.63) is 65.0 Å². The second-order valence-corrected chi connectivity index (χ2v) is 4.28. The number of ether oxygens (including phenoxy) is 1. The van der Waals surface area contributed by atoms with Crippen LogP contribution in [0.4, 0.5) is 13.2 Å². The molecule has 0 aliphatic rings. The minimum absolute atomic E-state index is 0.100. The highest BCUT2D eigenvalue weighted by molar-refractivity contribution is 5.37. The van der Waals surface area contributed by atoms with Crippen LogP contribution < -0.4 is 10.1 Å². The normalized spacial score (nSPS) is 12.2. The Morgan fingerprint density at radius 3 is 2.35 bits per heavy atom. The number of halogens is 3. The van der Waals surface area contributed by atoms with Crippen LogP contribution in [0.2, 0.25) is 0 Å². The van der Waals surface area contributed by atoms with Gasteiger partial charge in [0.05, 0.1) is 13.2 Å². The van der Waals surface area contributed by atoms with Crippen molar-refractivity contribution in [1.29, 1.82) is 0 Å². The van der Waals surface area contributed by atoms with E-state index in [4.69, 9.17) is 4.74 Å². The van der Waals surface area contributed by atoms with Gasteiger partial charge in [-0.05, 0) is 42.9 Å². The zero-order chi connectivity index (χ0) is 14.7. The molecule has 0 heterocycles. The molecule has 0 fully saturated rings. The molecule has 0 radical (unpaired) electrons. The molecule has 1 N–H and O–H groups in total. The van der Waals surface area contributed by atoms with Gasteiger partial charge in [0.1, 0.15) is 11.6 Å². The fourth-order valence-electron chi connectivity index (χ4n) is 2.10. The van der Waals surface area contributed by atoms with E-state index in [0.717, 1.165) is 18.2 Å². The maximum absolute atomic E-state index is 13.8. The summed E-state index contributed by atoms with van der Waals surface area (Å²) in [5.41, 5.74) is 0.604. The molecular weight excluding hydrogens is 267 g/mol. The van der Waals surface area contributed by atoms with Gasteiger partial charge in [0.2, 0.25) is 0 Å². The second kappa shape index (κ2) is 5.96. The quantitative estimate of drug-likeness (QED) is 0.927. The molecule has 2 nitrogen and oxygen atoms in total. The molecule has 1 atom stereocenters. The number of hydrogen-bond donors (Lipinski definition) is 1. The molecule has 0 bridgehead atoms. The van der Waals surface area contributed by atoms with Crippen molar-refractivity contribution < 1.29 is 17.9 Å². The monoisotopic (exact) mass is 281 g/mol. The van der Waals surface area contributed by atoms with Crippen molar-refractivity contribution >= 4 is 0 Å². The van der Waals surface area contributed by atoms with Crippen LogP contribution in [0.25, 0.3) is 0 Å². The molecule has 1 unspecified atom stereocenters. The van der Waals surface area contributed by atoms with Gasteiger partial charge >= 0.3 is 0 Å². The first-order valence-electron chi connectivity index (χ1n) is 6.02. The minimum atomic E-state index is -0.647. The number of methoxy groups -OCH3 is 1. The molecule has 20 heavy (non-hydrogen) atoms. The van der Waals surface area contributed by atoms with Crippen LogP contribution in [-0.2, 0) is 0 Å². The average molecular weight is 281 g/mol. The number of hydrogen-bond acceptors (Lipinski definition) is 2. The lowest BCUT2D eigenvalue weighted by molar-refractivity contribution is 0.385. The second-order valence-electron chi connectivity index (χ2n) is 4.28. The molecule has 2 aromatic carbocycles. The summed E-state index contributed by atoms with van der Waals surface area (Å²) in [7, 11) is 2.96. The molecule has 2 rings (SSSR count). The Morgan fingerprint density at radius 1 is 1.00 bits per heavy atom. The standard InChI is InChI=1S/C15H14F3NO/c1-19-15(11-8-10(16)4-5-12(11)17)9-3-6-14(20-2)13(18)7-9/h3-8,15,19H,1-2H3. The lowest BCUT2D eigenvalue weighted by Gasteiger charge is -2.18. The molecule has 0 spiro atoms. The van der Waals surface area contributed by atoms with Crippen molar-refractivity contribution in [1.82, 2.24) is 5.32 Å². The SMILES string of the molecule is CNC(c1ccc(OC)c(F)c1)c1cc(F)ccc1F. The molecular formula is C15H14F3NO. The van der Waals surface area contributed by atoms with E-state index in [1.807, 2.05) is 0 Å². The van der Waals surface area contributed by atoms with E-state index in [2.05, 4.69) is 5.32 Å². The summed E-state index contributed by atoms with van der Waals surface area (Å²) in [4.78, 5) is 0. The van der Waals surface area contributed by atoms with Gasteiger partial charge in [-0.2, -0.15) is 0 Å². The maximum Gasteiger partial charge on any atom is 0.165 e. The molecule has 0 saturated carbocycles. The molecule has 0 saturated heterocycles. The summed E-state index contributed by atoms with van der Waals surface area (Å²) in [6, 6.07) is 6.84. The van der Waals surface area contributed by atoms with Crippen molar-refractivity contribution in [2.24, 2.45) is 0 Å². The first-order valence-corrected chi connectivity index (χ1v) is 6.02. The first kappa shape index (κ1) is 14.4. The van der Waals surface area contributed by atoms with Crippen LogP contribution in [-0.4, -0.2) is 14.2 Å². The van der Waals surface area contributed by atoms with Crippen molar-refractivity contribution in [3.63, 3.8) is 0 Å². The minimum Gasteiger partial charge on any atom is -0.494 e. The molecule has 0 amide bonds. The number of benzene rings is 2.